The van der Waals surface area contributed by atoms with Crippen molar-refractivity contribution in [2.75, 3.05) is 20.0 Å². The van der Waals surface area contributed by atoms with Gasteiger partial charge >= 0.3 is 11.9 Å². The summed E-state index contributed by atoms with van der Waals surface area (Å²) >= 11 is 0. The molecule has 2 rings (SSSR count). The van der Waals surface area contributed by atoms with Gasteiger partial charge in [-0.05, 0) is 51.0 Å². The van der Waals surface area contributed by atoms with Gasteiger partial charge in [-0.1, -0.05) is 24.3 Å². The molecule has 0 amide bonds. The predicted molar refractivity (Wildman–Crippen MR) is 114 cm³/mol. The van der Waals surface area contributed by atoms with Gasteiger partial charge in [-0.3, -0.25) is 19.7 Å². The minimum atomic E-state index is -0.802. The van der Waals surface area contributed by atoms with Crippen molar-refractivity contribution in [2.45, 2.75) is 38.5 Å². The van der Waals surface area contributed by atoms with Gasteiger partial charge in [0.1, 0.15) is 0 Å². The predicted octanol–water partition coefficient (Wildman–Crippen LogP) is 3.76. The van der Waals surface area contributed by atoms with Gasteiger partial charge in [0.05, 0.1) is 30.0 Å². The summed E-state index contributed by atoms with van der Waals surface area (Å²) in [6, 6.07) is 13.1. The first-order valence-corrected chi connectivity index (χ1v) is 9.15. The summed E-state index contributed by atoms with van der Waals surface area (Å²) in [4.78, 5) is 33.0. The molecule has 0 radical (unpaired) electrons. The summed E-state index contributed by atoms with van der Waals surface area (Å²) in [7, 11) is 2.71. The first kappa shape index (κ1) is 24.6. The summed E-state index contributed by atoms with van der Waals surface area (Å²) in [6.45, 7) is 7.06. The molecule has 30 heavy (non-hydrogen) atoms. The van der Waals surface area contributed by atoms with Gasteiger partial charge in [0.25, 0.3) is 5.69 Å². The Bertz CT molecular complexity index is 887. The quantitative estimate of drug-likeness (QED) is 0.341. The van der Waals surface area contributed by atoms with E-state index in [-0.39, 0.29) is 17.6 Å². The molecule has 2 aromatic carbocycles. The van der Waals surface area contributed by atoms with Crippen LogP contribution in [0.4, 0.5) is 11.4 Å². The zero-order valence-corrected chi connectivity index (χ0v) is 18.1. The molecule has 2 aromatic rings. The number of carbonyl (C=O) groups is 2. The number of nitro benzene ring substituents is 1. The Labute approximate surface area is 176 Å². The van der Waals surface area contributed by atoms with E-state index in [4.69, 9.17) is 10.5 Å². The third-order valence-corrected chi connectivity index (χ3v) is 4.82. The smallest absolute Gasteiger partial charge is 0.315 e. The van der Waals surface area contributed by atoms with Gasteiger partial charge < -0.3 is 15.2 Å². The zero-order chi connectivity index (χ0) is 23.1. The highest BCUT2D eigenvalue weighted by Gasteiger charge is 2.31. The van der Waals surface area contributed by atoms with Crippen molar-refractivity contribution in [1.82, 2.24) is 0 Å². The number of nitrogens with zero attached hydrogens (tertiary/aromatic N) is 1. The molecule has 2 N–H and O–H groups in total. The van der Waals surface area contributed by atoms with Gasteiger partial charge in [0.15, 0.2) is 0 Å². The number of benzene rings is 2. The van der Waals surface area contributed by atoms with E-state index in [1.807, 2.05) is 26.0 Å². The maximum Gasteiger partial charge on any atom is 0.315 e. The van der Waals surface area contributed by atoms with Gasteiger partial charge in [0.2, 0.25) is 0 Å². The third kappa shape index (κ3) is 5.79. The minimum absolute atomic E-state index is 0.00409. The van der Waals surface area contributed by atoms with Crippen molar-refractivity contribution in [3.63, 3.8) is 0 Å². The highest BCUT2D eigenvalue weighted by Crippen LogP contribution is 2.26. The lowest BCUT2D eigenvalue weighted by Gasteiger charge is -2.21. The summed E-state index contributed by atoms with van der Waals surface area (Å²) in [5, 5.41) is 10.5. The average molecular weight is 416 g/mol. The molecule has 162 valence electrons. The summed E-state index contributed by atoms with van der Waals surface area (Å²) in [5.74, 6) is -0.622. The molecule has 0 saturated carbocycles. The molecular weight excluding hydrogens is 388 g/mol. The molecule has 0 fully saturated rings. The molecule has 0 aromatic heterocycles. The fourth-order valence-corrected chi connectivity index (χ4v) is 2.65. The molecule has 0 aliphatic rings. The monoisotopic (exact) mass is 416 g/mol. The van der Waals surface area contributed by atoms with Crippen LogP contribution >= 0.6 is 0 Å². The van der Waals surface area contributed by atoms with Crippen LogP contribution in [-0.4, -0.2) is 31.1 Å². The summed E-state index contributed by atoms with van der Waals surface area (Å²) in [6.07, 6.45) is 0. The lowest BCUT2D eigenvalue weighted by Crippen LogP contribution is -2.30. The standard InChI is InChI=1S/C11H13NO4.C11H15NO2/c1-11(2,10(13)16-3)8-4-6-9(7-5-8)12(14)15;1-11(2,10(13)14-3)8-4-6-9(12)7-5-8/h4-7H,1-3H3;4-7H,12H2,1-3H3. The molecule has 0 heterocycles. The number of esters is 2. The normalized spacial score (nSPS) is 11.0. The SMILES string of the molecule is COC(=O)C(C)(C)c1ccc(N)cc1.COC(=O)C(C)(C)c1ccc([N+](=O)[O-])cc1. The first-order chi connectivity index (χ1) is 13.9. The van der Waals surface area contributed by atoms with Crippen LogP contribution in [0.2, 0.25) is 0 Å². The number of rotatable bonds is 5. The summed E-state index contributed by atoms with van der Waals surface area (Å²) < 4.78 is 9.40. The number of nitro groups is 1. The van der Waals surface area contributed by atoms with Crippen LogP contribution in [0.1, 0.15) is 38.8 Å². The Morgan fingerprint density at radius 2 is 1.13 bits per heavy atom. The van der Waals surface area contributed by atoms with Gasteiger partial charge in [0, 0.05) is 17.8 Å². The molecule has 0 aliphatic carbocycles. The van der Waals surface area contributed by atoms with Crippen LogP contribution in [0.3, 0.4) is 0 Å². The number of carbonyl (C=O) groups excluding carboxylic acids is 2. The number of ether oxygens (including phenoxy) is 2. The Morgan fingerprint density at radius 1 is 0.800 bits per heavy atom. The number of hydrogen-bond acceptors (Lipinski definition) is 7. The minimum Gasteiger partial charge on any atom is -0.468 e. The third-order valence-electron chi connectivity index (χ3n) is 4.82. The largest absolute Gasteiger partial charge is 0.468 e. The number of nitrogen functional groups attached to an aromatic ring is 1. The molecule has 8 heteroatoms. The van der Waals surface area contributed by atoms with Crippen LogP contribution in [0.5, 0.6) is 0 Å². The van der Waals surface area contributed by atoms with Gasteiger partial charge in [-0.25, -0.2) is 0 Å². The molecule has 0 atom stereocenters. The molecule has 0 spiro atoms. The maximum absolute atomic E-state index is 11.5. The molecule has 0 saturated heterocycles. The number of nitrogens with two attached hydrogens (primary N) is 1. The highest BCUT2D eigenvalue weighted by atomic mass is 16.6. The molecule has 0 unspecified atom stereocenters. The van der Waals surface area contributed by atoms with Crippen molar-refractivity contribution in [1.29, 1.82) is 0 Å². The van der Waals surface area contributed by atoms with Crippen LogP contribution in [-0.2, 0) is 29.9 Å². The van der Waals surface area contributed by atoms with Crippen LogP contribution in [0.15, 0.2) is 48.5 Å². The van der Waals surface area contributed by atoms with Gasteiger partial charge in [-0.15, -0.1) is 0 Å². The zero-order valence-electron chi connectivity index (χ0n) is 18.1. The fraction of sp³-hybridized carbons (Fsp3) is 0.364. The molecular formula is C22H28N2O6. The second-order valence-electron chi connectivity index (χ2n) is 7.66. The van der Waals surface area contributed by atoms with Crippen molar-refractivity contribution in [3.05, 3.63) is 69.8 Å². The number of methoxy groups -OCH3 is 2. The van der Waals surface area contributed by atoms with Crippen molar-refractivity contribution < 1.29 is 24.0 Å². The van der Waals surface area contributed by atoms with Crippen LogP contribution in [0, 0.1) is 10.1 Å². The Balaban J connectivity index is 0.000000303. The van der Waals surface area contributed by atoms with Crippen molar-refractivity contribution in [2.24, 2.45) is 0 Å². The average Bonchev–Trinajstić information content (AvgIpc) is 2.73. The van der Waals surface area contributed by atoms with E-state index in [0.29, 0.717) is 11.3 Å². The second-order valence-corrected chi connectivity index (χ2v) is 7.66. The molecule has 8 nitrogen and oxygen atoms in total. The van der Waals surface area contributed by atoms with E-state index in [1.54, 1.807) is 38.1 Å². The maximum atomic E-state index is 11.5. The topological polar surface area (TPSA) is 122 Å². The van der Waals surface area contributed by atoms with E-state index >= 15 is 0 Å². The van der Waals surface area contributed by atoms with Gasteiger partial charge in [-0.2, -0.15) is 0 Å². The number of hydrogen-bond donors (Lipinski definition) is 1. The fourth-order valence-electron chi connectivity index (χ4n) is 2.65. The first-order valence-electron chi connectivity index (χ1n) is 9.15. The highest BCUT2D eigenvalue weighted by molar-refractivity contribution is 5.82. The van der Waals surface area contributed by atoms with Crippen LogP contribution < -0.4 is 5.73 Å². The summed E-state index contributed by atoms with van der Waals surface area (Å²) in [5.41, 5.74) is 6.42. The number of non-ortho nitro benzene ring substituents is 1. The van der Waals surface area contributed by atoms with Crippen molar-refractivity contribution >= 4 is 23.3 Å². The van der Waals surface area contributed by atoms with E-state index in [9.17, 15) is 19.7 Å². The Hall–Kier alpha value is -3.42. The van der Waals surface area contributed by atoms with E-state index in [0.717, 1.165) is 5.56 Å². The molecule has 0 bridgehead atoms. The van der Waals surface area contributed by atoms with E-state index < -0.39 is 15.8 Å². The molecule has 0 aliphatic heterocycles. The Kier molecular flexibility index (Phi) is 8.10. The lowest BCUT2D eigenvalue weighted by molar-refractivity contribution is -0.384. The lowest BCUT2D eigenvalue weighted by atomic mass is 9.85. The van der Waals surface area contributed by atoms with E-state index in [1.165, 1.54) is 26.4 Å². The van der Waals surface area contributed by atoms with Crippen molar-refractivity contribution in [3.8, 4) is 0 Å². The number of anilines is 1. The van der Waals surface area contributed by atoms with E-state index in [2.05, 4.69) is 4.74 Å². The van der Waals surface area contributed by atoms with Crippen LogP contribution in [0.25, 0.3) is 0 Å². The Morgan fingerprint density at radius 3 is 1.43 bits per heavy atom. The second kappa shape index (κ2) is 9.87.